The van der Waals surface area contributed by atoms with Crippen LogP contribution in [0.1, 0.15) is 32.8 Å². The minimum atomic E-state index is -0.222. The molecule has 1 rings (SSSR count). The summed E-state index contributed by atoms with van der Waals surface area (Å²) in [6, 6.07) is 5.10. The number of hydrogen-bond acceptors (Lipinski definition) is 2. The van der Waals surface area contributed by atoms with Gasteiger partial charge in [-0.15, -0.1) is 0 Å². The van der Waals surface area contributed by atoms with Gasteiger partial charge in [0.15, 0.2) is 0 Å². The number of nitrogens with one attached hydrogen (secondary N) is 1. The van der Waals surface area contributed by atoms with E-state index >= 15 is 0 Å². The number of halogens is 1. The summed E-state index contributed by atoms with van der Waals surface area (Å²) in [6.07, 6.45) is 1.18. The standard InChI is InChI=1S/C14H22FNO/c1-5-11(3)16-9-12(4)17-14-7-6-13(15)8-10(14)2/h6-8,11-12,16H,5,9H2,1-4H3. The second-order valence-corrected chi connectivity index (χ2v) is 4.56. The van der Waals surface area contributed by atoms with Crippen LogP contribution in [0.25, 0.3) is 0 Å². The first-order valence-electron chi connectivity index (χ1n) is 6.19. The quantitative estimate of drug-likeness (QED) is 0.822. The molecule has 2 atom stereocenters. The molecule has 0 aromatic heterocycles. The molecule has 17 heavy (non-hydrogen) atoms. The maximum atomic E-state index is 12.9. The van der Waals surface area contributed by atoms with E-state index in [1.165, 1.54) is 12.1 Å². The minimum Gasteiger partial charge on any atom is -0.489 e. The van der Waals surface area contributed by atoms with Crippen molar-refractivity contribution < 1.29 is 9.13 Å². The second-order valence-electron chi connectivity index (χ2n) is 4.56. The Kier molecular flexibility index (Phi) is 5.42. The molecule has 1 N–H and O–H groups in total. The van der Waals surface area contributed by atoms with Crippen LogP contribution in [0, 0.1) is 12.7 Å². The van der Waals surface area contributed by atoms with Gasteiger partial charge in [-0.25, -0.2) is 4.39 Å². The number of ether oxygens (including phenoxy) is 1. The third kappa shape index (κ3) is 4.73. The fourth-order valence-corrected chi connectivity index (χ4v) is 1.51. The van der Waals surface area contributed by atoms with Gasteiger partial charge in [0.25, 0.3) is 0 Å². The highest BCUT2D eigenvalue weighted by Crippen LogP contribution is 2.19. The summed E-state index contributed by atoms with van der Waals surface area (Å²) >= 11 is 0. The van der Waals surface area contributed by atoms with Gasteiger partial charge in [0, 0.05) is 12.6 Å². The van der Waals surface area contributed by atoms with E-state index in [4.69, 9.17) is 4.74 Å². The van der Waals surface area contributed by atoms with Gasteiger partial charge < -0.3 is 10.1 Å². The van der Waals surface area contributed by atoms with Crippen molar-refractivity contribution in [1.29, 1.82) is 0 Å². The lowest BCUT2D eigenvalue weighted by Gasteiger charge is -2.19. The van der Waals surface area contributed by atoms with Gasteiger partial charge in [0.1, 0.15) is 17.7 Å². The van der Waals surface area contributed by atoms with E-state index < -0.39 is 0 Å². The van der Waals surface area contributed by atoms with Gasteiger partial charge in [-0.05, 0) is 51.0 Å². The first-order valence-corrected chi connectivity index (χ1v) is 6.19. The van der Waals surface area contributed by atoms with Crippen LogP contribution in [0.3, 0.4) is 0 Å². The molecule has 0 fully saturated rings. The highest BCUT2D eigenvalue weighted by atomic mass is 19.1. The first-order chi connectivity index (χ1) is 8.02. The maximum absolute atomic E-state index is 12.9. The molecule has 0 aliphatic carbocycles. The van der Waals surface area contributed by atoms with Gasteiger partial charge in [-0.1, -0.05) is 6.92 Å². The second kappa shape index (κ2) is 6.60. The van der Waals surface area contributed by atoms with Crippen molar-refractivity contribution in [2.75, 3.05) is 6.54 Å². The Morgan fingerprint density at radius 2 is 2.06 bits per heavy atom. The van der Waals surface area contributed by atoms with Crippen molar-refractivity contribution in [3.8, 4) is 5.75 Å². The molecule has 0 aliphatic rings. The number of aryl methyl sites for hydroxylation is 1. The lowest BCUT2D eigenvalue weighted by atomic mass is 10.2. The summed E-state index contributed by atoms with van der Waals surface area (Å²) in [5.74, 6) is 0.532. The van der Waals surface area contributed by atoms with Gasteiger partial charge in [-0.2, -0.15) is 0 Å². The zero-order valence-corrected chi connectivity index (χ0v) is 11.1. The van der Waals surface area contributed by atoms with Gasteiger partial charge in [0.05, 0.1) is 0 Å². The van der Waals surface area contributed by atoms with E-state index in [9.17, 15) is 4.39 Å². The summed E-state index contributed by atoms with van der Waals surface area (Å²) in [5.41, 5.74) is 0.834. The third-order valence-corrected chi connectivity index (χ3v) is 2.83. The zero-order chi connectivity index (χ0) is 12.8. The van der Waals surface area contributed by atoms with Crippen molar-refractivity contribution in [1.82, 2.24) is 5.32 Å². The molecule has 1 aromatic carbocycles. The van der Waals surface area contributed by atoms with E-state index in [0.29, 0.717) is 6.04 Å². The van der Waals surface area contributed by atoms with Crippen LogP contribution in [-0.2, 0) is 0 Å². The van der Waals surface area contributed by atoms with Crippen LogP contribution in [-0.4, -0.2) is 18.7 Å². The molecular formula is C14H22FNO. The number of rotatable bonds is 6. The number of hydrogen-bond donors (Lipinski definition) is 1. The average molecular weight is 239 g/mol. The maximum Gasteiger partial charge on any atom is 0.123 e. The molecule has 0 aliphatic heterocycles. The Hall–Kier alpha value is -1.09. The Bertz CT molecular complexity index is 354. The van der Waals surface area contributed by atoms with Gasteiger partial charge >= 0.3 is 0 Å². The summed E-state index contributed by atoms with van der Waals surface area (Å²) in [4.78, 5) is 0. The van der Waals surface area contributed by atoms with Crippen LogP contribution >= 0.6 is 0 Å². The molecule has 1 aromatic rings. The van der Waals surface area contributed by atoms with Crippen LogP contribution in [0.4, 0.5) is 4.39 Å². The summed E-state index contributed by atoms with van der Waals surface area (Å²) < 4.78 is 18.7. The van der Waals surface area contributed by atoms with E-state index in [1.807, 2.05) is 13.8 Å². The molecule has 0 bridgehead atoms. The Morgan fingerprint density at radius 3 is 2.65 bits per heavy atom. The van der Waals surface area contributed by atoms with Gasteiger partial charge in [-0.3, -0.25) is 0 Å². The van der Waals surface area contributed by atoms with Crippen LogP contribution in [0.2, 0.25) is 0 Å². The normalized spacial score (nSPS) is 14.4. The van der Waals surface area contributed by atoms with Crippen molar-refractivity contribution in [2.45, 2.75) is 46.3 Å². The lowest BCUT2D eigenvalue weighted by Crippen LogP contribution is -2.34. The Morgan fingerprint density at radius 1 is 1.35 bits per heavy atom. The fraction of sp³-hybridized carbons (Fsp3) is 0.571. The lowest BCUT2D eigenvalue weighted by molar-refractivity contribution is 0.210. The zero-order valence-electron chi connectivity index (χ0n) is 11.1. The summed E-state index contributed by atoms with van der Waals surface area (Å²) in [5, 5.41) is 3.38. The molecule has 0 saturated heterocycles. The number of benzene rings is 1. The molecule has 2 nitrogen and oxygen atoms in total. The first kappa shape index (κ1) is 14.0. The van der Waals surface area contributed by atoms with Crippen LogP contribution < -0.4 is 10.1 Å². The van der Waals surface area contributed by atoms with Crippen molar-refractivity contribution in [3.05, 3.63) is 29.6 Å². The smallest absolute Gasteiger partial charge is 0.123 e. The monoisotopic (exact) mass is 239 g/mol. The predicted octanol–water partition coefficient (Wildman–Crippen LogP) is 3.29. The molecule has 3 heteroatoms. The SMILES string of the molecule is CCC(C)NCC(C)Oc1ccc(F)cc1C. The molecule has 0 saturated carbocycles. The fourth-order valence-electron chi connectivity index (χ4n) is 1.51. The predicted molar refractivity (Wildman–Crippen MR) is 69.0 cm³/mol. The Balaban J connectivity index is 2.47. The van der Waals surface area contributed by atoms with Crippen molar-refractivity contribution in [3.63, 3.8) is 0 Å². The molecule has 0 heterocycles. The molecule has 0 amide bonds. The van der Waals surface area contributed by atoms with E-state index in [0.717, 1.165) is 24.3 Å². The van der Waals surface area contributed by atoms with Gasteiger partial charge in [0.2, 0.25) is 0 Å². The molecular weight excluding hydrogens is 217 g/mol. The van der Waals surface area contributed by atoms with Crippen molar-refractivity contribution >= 4 is 0 Å². The molecule has 0 radical (unpaired) electrons. The third-order valence-electron chi connectivity index (χ3n) is 2.83. The average Bonchev–Trinajstić information content (AvgIpc) is 2.29. The van der Waals surface area contributed by atoms with Crippen LogP contribution in [0.5, 0.6) is 5.75 Å². The van der Waals surface area contributed by atoms with E-state index in [-0.39, 0.29) is 11.9 Å². The molecule has 96 valence electrons. The Labute approximate surface area is 103 Å². The minimum absolute atomic E-state index is 0.0770. The van der Waals surface area contributed by atoms with Crippen LogP contribution in [0.15, 0.2) is 18.2 Å². The van der Waals surface area contributed by atoms with E-state index in [1.54, 1.807) is 6.07 Å². The highest BCUT2D eigenvalue weighted by Gasteiger charge is 2.08. The molecule has 0 spiro atoms. The topological polar surface area (TPSA) is 21.3 Å². The molecule has 2 unspecified atom stereocenters. The largest absolute Gasteiger partial charge is 0.489 e. The highest BCUT2D eigenvalue weighted by molar-refractivity contribution is 5.32. The summed E-state index contributed by atoms with van der Waals surface area (Å²) in [7, 11) is 0. The summed E-state index contributed by atoms with van der Waals surface area (Å²) in [6.45, 7) is 8.96. The van der Waals surface area contributed by atoms with E-state index in [2.05, 4.69) is 19.2 Å². The van der Waals surface area contributed by atoms with Crippen molar-refractivity contribution in [2.24, 2.45) is 0 Å².